The lowest BCUT2D eigenvalue weighted by molar-refractivity contribution is 0.0695. The molecule has 1 aliphatic rings. The Morgan fingerprint density at radius 1 is 1.39 bits per heavy atom. The molecule has 3 nitrogen and oxygen atoms in total. The van der Waals surface area contributed by atoms with E-state index in [9.17, 15) is 9.90 Å². The zero-order chi connectivity index (χ0) is 13.1. The second kappa shape index (κ2) is 5.91. The molecule has 0 bridgehead atoms. The Morgan fingerprint density at radius 3 is 2.94 bits per heavy atom. The van der Waals surface area contributed by atoms with Crippen molar-refractivity contribution in [2.75, 3.05) is 6.54 Å². The van der Waals surface area contributed by atoms with Crippen LogP contribution in [0.25, 0.3) is 0 Å². The van der Waals surface area contributed by atoms with E-state index < -0.39 is 0 Å². The van der Waals surface area contributed by atoms with E-state index in [0.29, 0.717) is 5.56 Å². The standard InChI is InChI=1S/C14H18INO2/c1-10-5-3-2-4-8-16(10)14(18)12-9-11(15)6-7-13(12)17/h6-7,9-10,17H,2-5,8H2,1H3. The lowest BCUT2D eigenvalue weighted by atomic mass is 10.1. The topological polar surface area (TPSA) is 40.5 Å². The van der Waals surface area contributed by atoms with Crippen LogP contribution in [0.4, 0.5) is 0 Å². The van der Waals surface area contributed by atoms with Gasteiger partial charge in [-0.2, -0.15) is 0 Å². The van der Waals surface area contributed by atoms with Gasteiger partial charge in [-0.05, 0) is 60.6 Å². The fraction of sp³-hybridized carbons (Fsp3) is 0.500. The normalized spacial score (nSPS) is 20.6. The summed E-state index contributed by atoms with van der Waals surface area (Å²) in [6.07, 6.45) is 4.48. The number of benzene rings is 1. The maximum Gasteiger partial charge on any atom is 0.257 e. The van der Waals surface area contributed by atoms with Gasteiger partial charge in [0.2, 0.25) is 0 Å². The fourth-order valence-corrected chi connectivity index (χ4v) is 2.90. The molecule has 0 radical (unpaired) electrons. The molecule has 1 amide bonds. The van der Waals surface area contributed by atoms with Crippen molar-refractivity contribution in [3.63, 3.8) is 0 Å². The second-order valence-electron chi connectivity index (χ2n) is 4.86. The van der Waals surface area contributed by atoms with Crippen LogP contribution in [0.1, 0.15) is 43.0 Å². The summed E-state index contributed by atoms with van der Waals surface area (Å²) in [5.74, 6) is 0.0391. The molecule has 98 valence electrons. The number of aromatic hydroxyl groups is 1. The molecular weight excluding hydrogens is 341 g/mol. The third kappa shape index (κ3) is 2.96. The first-order valence-electron chi connectivity index (χ1n) is 6.39. The van der Waals surface area contributed by atoms with Crippen LogP contribution in [0.2, 0.25) is 0 Å². The molecule has 1 aromatic carbocycles. The lowest BCUT2D eigenvalue weighted by Gasteiger charge is -2.27. The zero-order valence-electron chi connectivity index (χ0n) is 10.5. The molecule has 1 unspecified atom stereocenters. The van der Waals surface area contributed by atoms with Crippen LogP contribution in [-0.4, -0.2) is 28.5 Å². The number of likely N-dealkylation sites (tertiary alicyclic amines) is 1. The average molecular weight is 359 g/mol. The molecule has 1 fully saturated rings. The van der Waals surface area contributed by atoms with Crippen molar-refractivity contribution in [3.8, 4) is 5.75 Å². The third-order valence-electron chi connectivity index (χ3n) is 3.50. The molecule has 0 spiro atoms. The summed E-state index contributed by atoms with van der Waals surface area (Å²) in [7, 11) is 0. The predicted molar refractivity (Wildman–Crippen MR) is 79.8 cm³/mol. The number of rotatable bonds is 1. The third-order valence-corrected chi connectivity index (χ3v) is 4.17. The van der Waals surface area contributed by atoms with Crippen molar-refractivity contribution in [3.05, 3.63) is 27.3 Å². The van der Waals surface area contributed by atoms with Crippen molar-refractivity contribution in [2.45, 2.75) is 38.6 Å². The molecule has 18 heavy (non-hydrogen) atoms. The Balaban J connectivity index is 2.26. The Kier molecular flexibility index (Phi) is 4.48. The summed E-state index contributed by atoms with van der Waals surface area (Å²) in [6.45, 7) is 2.89. The van der Waals surface area contributed by atoms with E-state index >= 15 is 0 Å². The monoisotopic (exact) mass is 359 g/mol. The van der Waals surface area contributed by atoms with Crippen molar-refractivity contribution < 1.29 is 9.90 Å². The largest absolute Gasteiger partial charge is 0.507 e. The van der Waals surface area contributed by atoms with Gasteiger partial charge in [0.1, 0.15) is 5.75 Å². The number of hydrogen-bond acceptors (Lipinski definition) is 2. The van der Waals surface area contributed by atoms with E-state index in [1.54, 1.807) is 18.2 Å². The van der Waals surface area contributed by atoms with Crippen molar-refractivity contribution in [1.82, 2.24) is 4.90 Å². The van der Waals surface area contributed by atoms with Crippen LogP contribution in [0.3, 0.4) is 0 Å². The molecule has 0 saturated carbocycles. The smallest absolute Gasteiger partial charge is 0.257 e. The number of halogens is 1. The predicted octanol–water partition coefficient (Wildman–Crippen LogP) is 3.40. The fourth-order valence-electron chi connectivity index (χ4n) is 2.41. The van der Waals surface area contributed by atoms with Gasteiger partial charge in [0.25, 0.3) is 5.91 Å². The van der Waals surface area contributed by atoms with Crippen molar-refractivity contribution in [2.24, 2.45) is 0 Å². The summed E-state index contributed by atoms with van der Waals surface area (Å²) < 4.78 is 0.969. The first kappa shape index (κ1) is 13.6. The van der Waals surface area contributed by atoms with Gasteiger partial charge in [-0.3, -0.25) is 4.79 Å². The molecule has 1 atom stereocenters. The van der Waals surface area contributed by atoms with Crippen LogP contribution in [0, 0.1) is 3.57 Å². The first-order chi connectivity index (χ1) is 8.59. The van der Waals surface area contributed by atoms with Gasteiger partial charge in [-0.15, -0.1) is 0 Å². The maximum absolute atomic E-state index is 12.5. The second-order valence-corrected chi connectivity index (χ2v) is 6.10. The van der Waals surface area contributed by atoms with Gasteiger partial charge in [-0.1, -0.05) is 12.8 Å². The average Bonchev–Trinajstić information content (AvgIpc) is 2.56. The van der Waals surface area contributed by atoms with Crippen LogP contribution < -0.4 is 0 Å². The van der Waals surface area contributed by atoms with Gasteiger partial charge in [0.05, 0.1) is 5.56 Å². The molecule has 4 heteroatoms. The minimum atomic E-state index is -0.0413. The quantitative estimate of drug-likeness (QED) is 0.781. The van der Waals surface area contributed by atoms with E-state index in [0.717, 1.165) is 23.0 Å². The molecule has 0 aromatic heterocycles. The highest BCUT2D eigenvalue weighted by Gasteiger charge is 2.24. The minimum Gasteiger partial charge on any atom is -0.507 e. The highest BCUT2D eigenvalue weighted by Crippen LogP contribution is 2.25. The number of nitrogens with zero attached hydrogens (tertiary/aromatic N) is 1. The Bertz CT molecular complexity index is 447. The molecule has 1 aromatic rings. The van der Waals surface area contributed by atoms with Crippen LogP contribution in [0.5, 0.6) is 5.75 Å². The van der Waals surface area contributed by atoms with Gasteiger partial charge in [-0.25, -0.2) is 0 Å². The molecule has 1 heterocycles. The first-order valence-corrected chi connectivity index (χ1v) is 7.47. The highest BCUT2D eigenvalue weighted by molar-refractivity contribution is 14.1. The van der Waals surface area contributed by atoms with E-state index in [1.165, 1.54) is 12.8 Å². The summed E-state index contributed by atoms with van der Waals surface area (Å²) in [5, 5.41) is 9.84. The van der Waals surface area contributed by atoms with Crippen LogP contribution >= 0.6 is 22.6 Å². The molecule has 1 saturated heterocycles. The van der Waals surface area contributed by atoms with Gasteiger partial charge >= 0.3 is 0 Å². The summed E-state index contributed by atoms with van der Waals surface area (Å²) in [4.78, 5) is 14.4. The number of carbonyl (C=O) groups is 1. The molecular formula is C14H18INO2. The lowest BCUT2D eigenvalue weighted by Crippen LogP contribution is -2.38. The maximum atomic E-state index is 12.5. The van der Waals surface area contributed by atoms with Crippen molar-refractivity contribution in [1.29, 1.82) is 0 Å². The Morgan fingerprint density at radius 2 is 2.17 bits per heavy atom. The SMILES string of the molecule is CC1CCCCCN1C(=O)c1cc(I)ccc1O. The van der Waals surface area contributed by atoms with E-state index in [-0.39, 0.29) is 17.7 Å². The zero-order valence-corrected chi connectivity index (χ0v) is 12.7. The van der Waals surface area contributed by atoms with Gasteiger partial charge in [0, 0.05) is 16.2 Å². The Hall–Kier alpha value is -0.780. The molecule has 2 rings (SSSR count). The van der Waals surface area contributed by atoms with E-state index in [4.69, 9.17) is 0 Å². The van der Waals surface area contributed by atoms with Gasteiger partial charge < -0.3 is 10.0 Å². The van der Waals surface area contributed by atoms with E-state index in [2.05, 4.69) is 29.5 Å². The van der Waals surface area contributed by atoms with E-state index in [1.807, 2.05) is 4.90 Å². The number of carbonyl (C=O) groups excluding carboxylic acids is 1. The highest BCUT2D eigenvalue weighted by atomic mass is 127. The minimum absolute atomic E-state index is 0.0413. The van der Waals surface area contributed by atoms with Crippen LogP contribution in [-0.2, 0) is 0 Å². The summed E-state index contributed by atoms with van der Waals surface area (Å²) in [5.41, 5.74) is 0.427. The molecule has 1 N–H and O–H groups in total. The van der Waals surface area contributed by atoms with Crippen LogP contribution in [0.15, 0.2) is 18.2 Å². The number of amides is 1. The number of hydrogen-bond donors (Lipinski definition) is 1. The molecule has 1 aliphatic heterocycles. The number of phenolic OH excluding ortho intramolecular Hbond substituents is 1. The summed E-state index contributed by atoms with van der Waals surface area (Å²) in [6, 6.07) is 5.42. The van der Waals surface area contributed by atoms with Gasteiger partial charge in [0.15, 0.2) is 0 Å². The Labute approximate surface area is 121 Å². The number of phenols is 1. The van der Waals surface area contributed by atoms with Crippen molar-refractivity contribution >= 4 is 28.5 Å². The summed E-state index contributed by atoms with van der Waals surface area (Å²) >= 11 is 2.16. The molecule has 0 aliphatic carbocycles.